The SMILES string of the molecule is COC(=O)C(C)(C)CCC1(CC2(C)CCOC2=O)CCC(=O)O1. The van der Waals surface area contributed by atoms with E-state index in [9.17, 15) is 14.4 Å². The van der Waals surface area contributed by atoms with Crippen molar-refractivity contribution in [2.24, 2.45) is 10.8 Å². The van der Waals surface area contributed by atoms with Crippen LogP contribution in [0.4, 0.5) is 0 Å². The van der Waals surface area contributed by atoms with E-state index in [1.807, 2.05) is 20.8 Å². The molecule has 0 saturated carbocycles. The zero-order valence-electron chi connectivity index (χ0n) is 14.4. The normalized spacial score (nSPS) is 31.0. The molecule has 0 amide bonds. The van der Waals surface area contributed by atoms with Crippen molar-refractivity contribution < 1.29 is 28.6 Å². The van der Waals surface area contributed by atoms with E-state index in [0.717, 1.165) is 0 Å². The summed E-state index contributed by atoms with van der Waals surface area (Å²) in [6.07, 6.45) is 3.06. The quantitative estimate of drug-likeness (QED) is 0.551. The van der Waals surface area contributed by atoms with Crippen LogP contribution in [0.3, 0.4) is 0 Å². The molecule has 0 aromatic rings. The third kappa shape index (κ3) is 3.67. The maximum absolute atomic E-state index is 12.0. The molecule has 0 aromatic heterocycles. The Balaban J connectivity index is 2.12. The van der Waals surface area contributed by atoms with Crippen LogP contribution in [-0.4, -0.2) is 37.2 Å². The molecule has 0 spiro atoms. The monoisotopic (exact) mass is 326 g/mol. The van der Waals surface area contributed by atoms with Crippen molar-refractivity contribution >= 4 is 17.9 Å². The van der Waals surface area contributed by atoms with Crippen LogP contribution in [0, 0.1) is 10.8 Å². The third-order valence-electron chi connectivity index (χ3n) is 5.15. The van der Waals surface area contributed by atoms with E-state index in [1.165, 1.54) is 7.11 Å². The highest BCUT2D eigenvalue weighted by molar-refractivity contribution is 5.79. The first kappa shape index (κ1) is 17.8. The summed E-state index contributed by atoms with van der Waals surface area (Å²) < 4.78 is 15.6. The van der Waals surface area contributed by atoms with Gasteiger partial charge in [-0.2, -0.15) is 0 Å². The second-order valence-electron chi connectivity index (χ2n) is 7.66. The second kappa shape index (κ2) is 6.13. The van der Waals surface area contributed by atoms with Crippen molar-refractivity contribution in [3.63, 3.8) is 0 Å². The molecule has 2 aliphatic heterocycles. The summed E-state index contributed by atoms with van der Waals surface area (Å²) in [6.45, 7) is 5.90. The number of hydrogen-bond acceptors (Lipinski definition) is 6. The molecule has 23 heavy (non-hydrogen) atoms. The molecule has 2 saturated heterocycles. The maximum Gasteiger partial charge on any atom is 0.312 e. The average Bonchev–Trinajstić information content (AvgIpc) is 3.00. The van der Waals surface area contributed by atoms with Gasteiger partial charge < -0.3 is 14.2 Å². The Kier molecular flexibility index (Phi) is 4.74. The molecule has 2 atom stereocenters. The number of cyclic esters (lactones) is 2. The highest BCUT2D eigenvalue weighted by atomic mass is 16.6. The van der Waals surface area contributed by atoms with Crippen LogP contribution in [0.5, 0.6) is 0 Å². The van der Waals surface area contributed by atoms with Crippen molar-refractivity contribution in [1.29, 1.82) is 0 Å². The Bertz CT molecular complexity index is 511. The minimum Gasteiger partial charge on any atom is -0.469 e. The molecule has 2 rings (SSSR count). The van der Waals surface area contributed by atoms with Gasteiger partial charge in [-0.15, -0.1) is 0 Å². The summed E-state index contributed by atoms with van der Waals surface area (Å²) in [4.78, 5) is 35.6. The predicted molar refractivity (Wildman–Crippen MR) is 81.4 cm³/mol. The van der Waals surface area contributed by atoms with Crippen LogP contribution in [0.25, 0.3) is 0 Å². The molecular weight excluding hydrogens is 300 g/mol. The Hall–Kier alpha value is -1.59. The van der Waals surface area contributed by atoms with Crippen molar-refractivity contribution in [2.75, 3.05) is 13.7 Å². The topological polar surface area (TPSA) is 78.9 Å². The number of carbonyl (C=O) groups excluding carboxylic acids is 3. The number of hydrogen-bond donors (Lipinski definition) is 0. The molecule has 0 aliphatic carbocycles. The molecule has 0 N–H and O–H groups in total. The van der Waals surface area contributed by atoms with Crippen molar-refractivity contribution in [3.8, 4) is 0 Å². The van der Waals surface area contributed by atoms with Crippen molar-refractivity contribution in [3.05, 3.63) is 0 Å². The van der Waals surface area contributed by atoms with Gasteiger partial charge in [-0.05, 0) is 46.5 Å². The van der Waals surface area contributed by atoms with Gasteiger partial charge in [0.15, 0.2) is 0 Å². The predicted octanol–water partition coefficient (Wildman–Crippen LogP) is 2.38. The van der Waals surface area contributed by atoms with E-state index in [4.69, 9.17) is 14.2 Å². The summed E-state index contributed by atoms with van der Waals surface area (Å²) in [5.41, 5.74) is -1.98. The fraction of sp³-hybridized carbons (Fsp3) is 0.824. The summed E-state index contributed by atoms with van der Waals surface area (Å²) >= 11 is 0. The van der Waals surface area contributed by atoms with Crippen LogP contribution in [0.1, 0.15) is 59.3 Å². The lowest BCUT2D eigenvalue weighted by atomic mass is 9.72. The Morgan fingerprint density at radius 3 is 2.48 bits per heavy atom. The Labute approximate surface area is 136 Å². The molecule has 2 aliphatic rings. The highest BCUT2D eigenvalue weighted by Crippen LogP contribution is 2.46. The fourth-order valence-corrected chi connectivity index (χ4v) is 3.50. The minimum atomic E-state index is -0.694. The maximum atomic E-state index is 12.0. The van der Waals surface area contributed by atoms with Gasteiger partial charge in [0.1, 0.15) is 5.60 Å². The molecular formula is C17H26O6. The average molecular weight is 326 g/mol. The largest absolute Gasteiger partial charge is 0.469 e. The van der Waals surface area contributed by atoms with Gasteiger partial charge in [-0.25, -0.2) is 0 Å². The highest BCUT2D eigenvalue weighted by Gasteiger charge is 2.51. The third-order valence-corrected chi connectivity index (χ3v) is 5.15. The van der Waals surface area contributed by atoms with Crippen molar-refractivity contribution in [2.45, 2.75) is 64.9 Å². The van der Waals surface area contributed by atoms with E-state index in [0.29, 0.717) is 45.1 Å². The summed E-state index contributed by atoms with van der Waals surface area (Å²) in [5.74, 6) is -0.758. The van der Waals surface area contributed by atoms with E-state index >= 15 is 0 Å². The molecule has 2 heterocycles. The zero-order chi connectivity index (χ0) is 17.3. The number of carbonyl (C=O) groups is 3. The van der Waals surface area contributed by atoms with Gasteiger partial charge in [-0.3, -0.25) is 14.4 Å². The lowest BCUT2D eigenvalue weighted by Gasteiger charge is -2.35. The molecule has 0 aromatic carbocycles. The lowest BCUT2D eigenvalue weighted by Crippen LogP contribution is -2.40. The van der Waals surface area contributed by atoms with Crippen LogP contribution in [-0.2, 0) is 28.6 Å². The first-order valence-corrected chi connectivity index (χ1v) is 8.10. The first-order chi connectivity index (χ1) is 10.6. The first-order valence-electron chi connectivity index (χ1n) is 8.10. The standard InChI is InChI=1S/C17H26O6/c1-15(2,13(19)21-4)7-8-17(6-5-12(18)23-17)11-16(3)9-10-22-14(16)20/h5-11H2,1-4H3. The molecule has 2 unspecified atom stereocenters. The van der Waals surface area contributed by atoms with Crippen LogP contribution in [0.2, 0.25) is 0 Å². The van der Waals surface area contributed by atoms with Gasteiger partial charge in [0.05, 0.1) is 24.5 Å². The minimum absolute atomic E-state index is 0.230. The number of rotatable bonds is 6. The number of methoxy groups -OCH3 is 1. The summed E-state index contributed by atoms with van der Waals surface area (Å²) in [7, 11) is 1.37. The summed E-state index contributed by atoms with van der Waals surface area (Å²) in [6, 6.07) is 0. The second-order valence-corrected chi connectivity index (χ2v) is 7.66. The van der Waals surface area contributed by atoms with Crippen LogP contribution in [0.15, 0.2) is 0 Å². The molecule has 2 fully saturated rings. The molecule has 0 bridgehead atoms. The van der Waals surface area contributed by atoms with Crippen LogP contribution < -0.4 is 0 Å². The van der Waals surface area contributed by atoms with Gasteiger partial charge in [0.25, 0.3) is 0 Å². The van der Waals surface area contributed by atoms with Gasteiger partial charge in [0, 0.05) is 12.8 Å². The molecule has 6 heteroatoms. The van der Waals surface area contributed by atoms with Crippen LogP contribution >= 0.6 is 0 Å². The molecule has 130 valence electrons. The van der Waals surface area contributed by atoms with Gasteiger partial charge in [0.2, 0.25) is 0 Å². The van der Waals surface area contributed by atoms with E-state index in [1.54, 1.807) is 0 Å². The van der Waals surface area contributed by atoms with Crippen molar-refractivity contribution in [1.82, 2.24) is 0 Å². The Morgan fingerprint density at radius 1 is 1.30 bits per heavy atom. The van der Waals surface area contributed by atoms with E-state index in [-0.39, 0.29) is 17.9 Å². The fourth-order valence-electron chi connectivity index (χ4n) is 3.50. The number of ether oxygens (including phenoxy) is 3. The van der Waals surface area contributed by atoms with E-state index in [2.05, 4.69) is 0 Å². The number of esters is 3. The zero-order valence-corrected chi connectivity index (χ0v) is 14.4. The summed E-state index contributed by atoms with van der Waals surface area (Å²) in [5, 5.41) is 0. The van der Waals surface area contributed by atoms with Gasteiger partial charge >= 0.3 is 17.9 Å². The van der Waals surface area contributed by atoms with E-state index < -0.39 is 16.4 Å². The molecule has 6 nitrogen and oxygen atoms in total. The lowest BCUT2D eigenvalue weighted by molar-refractivity contribution is -0.159. The molecule has 0 radical (unpaired) electrons. The van der Waals surface area contributed by atoms with Gasteiger partial charge in [-0.1, -0.05) is 0 Å². The smallest absolute Gasteiger partial charge is 0.312 e. The Morgan fingerprint density at radius 2 is 2.00 bits per heavy atom.